The molecule has 0 fully saturated rings. The minimum absolute atomic E-state index is 0.334. The van der Waals surface area contributed by atoms with Crippen LogP contribution in [0.25, 0.3) is 0 Å². The van der Waals surface area contributed by atoms with Crippen molar-refractivity contribution in [2.24, 2.45) is 5.84 Å². The largest absolute Gasteiger partial charge is 0.271 e. The molecule has 2 rings (SSSR count). The van der Waals surface area contributed by atoms with Gasteiger partial charge in [-0.25, -0.2) is 9.82 Å². The summed E-state index contributed by atoms with van der Waals surface area (Å²) in [6.45, 7) is 0. The van der Waals surface area contributed by atoms with Gasteiger partial charge in [-0.3, -0.25) is 5.84 Å². The second-order valence-electron chi connectivity index (χ2n) is 3.10. The normalized spacial score (nSPS) is 12.7. The number of halogens is 2. The number of aromatic nitrogens is 2. The number of hydrogen-bond donors (Lipinski definition) is 2. The standard InChI is InChI=1S/C9H8BrFN4S/c10-5-1-2-7(11)6(3-5)9(14-12)8-4-13-16-15-8/h1-4,9,14H,12H2. The number of rotatable bonds is 3. The molecule has 0 radical (unpaired) electrons. The summed E-state index contributed by atoms with van der Waals surface area (Å²) in [5.41, 5.74) is 3.57. The molecule has 0 aliphatic carbocycles. The molecule has 0 saturated heterocycles. The fourth-order valence-corrected chi connectivity index (χ4v) is 2.20. The summed E-state index contributed by atoms with van der Waals surface area (Å²) in [5.74, 6) is 5.09. The Morgan fingerprint density at radius 3 is 2.94 bits per heavy atom. The maximum Gasteiger partial charge on any atom is 0.128 e. The molecule has 0 bridgehead atoms. The van der Waals surface area contributed by atoms with Crippen LogP contribution in [-0.4, -0.2) is 8.75 Å². The molecule has 7 heteroatoms. The molecule has 0 aliphatic rings. The van der Waals surface area contributed by atoms with Gasteiger partial charge in [0.1, 0.15) is 5.82 Å². The van der Waals surface area contributed by atoms with Crippen LogP contribution in [0.4, 0.5) is 4.39 Å². The van der Waals surface area contributed by atoms with Gasteiger partial charge < -0.3 is 0 Å². The van der Waals surface area contributed by atoms with E-state index in [0.717, 1.165) is 16.2 Å². The van der Waals surface area contributed by atoms with E-state index in [4.69, 9.17) is 5.84 Å². The first kappa shape index (κ1) is 11.6. The van der Waals surface area contributed by atoms with Crippen LogP contribution in [0.15, 0.2) is 28.9 Å². The van der Waals surface area contributed by atoms with Crippen molar-refractivity contribution in [3.05, 3.63) is 45.9 Å². The highest BCUT2D eigenvalue weighted by molar-refractivity contribution is 9.10. The summed E-state index contributed by atoms with van der Waals surface area (Å²) in [6.07, 6.45) is 1.57. The highest BCUT2D eigenvalue weighted by atomic mass is 79.9. The Kier molecular flexibility index (Phi) is 3.59. The van der Waals surface area contributed by atoms with Gasteiger partial charge in [0, 0.05) is 10.0 Å². The van der Waals surface area contributed by atoms with Crippen LogP contribution in [0, 0.1) is 5.82 Å². The monoisotopic (exact) mass is 302 g/mol. The van der Waals surface area contributed by atoms with E-state index in [-0.39, 0.29) is 5.82 Å². The minimum atomic E-state index is -0.490. The summed E-state index contributed by atoms with van der Waals surface area (Å²) in [6, 6.07) is 4.19. The van der Waals surface area contributed by atoms with Gasteiger partial charge in [-0.05, 0) is 18.2 Å². The zero-order chi connectivity index (χ0) is 11.5. The van der Waals surface area contributed by atoms with Crippen molar-refractivity contribution in [1.29, 1.82) is 0 Å². The van der Waals surface area contributed by atoms with Gasteiger partial charge >= 0.3 is 0 Å². The minimum Gasteiger partial charge on any atom is -0.271 e. The predicted octanol–water partition coefficient (Wildman–Crippen LogP) is 1.99. The average molecular weight is 303 g/mol. The molecule has 1 heterocycles. The lowest BCUT2D eigenvalue weighted by atomic mass is 10.0. The molecule has 0 amide bonds. The molecule has 1 aromatic carbocycles. The third-order valence-electron chi connectivity index (χ3n) is 2.11. The van der Waals surface area contributed by atoms with Crippen LogP contribution in [0.2, 0.25) is 0 Å². The van der Waals surface area contributed by atoms with Crippen molar-refractivity contribution in [2.75, 3.05) is 0 Å². The van der Waals surface area contributed by atoms with Crippen molar-refractivity contribution < 1.29 is 4.39 Å². The molecule has 84 valence electrons. The van der Waals surface area contributed by atoms with Gasteiger partial charge in [-0.2, -0.15) is 8.75 Å². The van der Waals surface area contributed by atoms with E-state index in [1.165, 1.54) is 6.07 Å². The van der Waals surface area contributed by atoms with E-state index in [9.17, 15) is 4.39 Å². The van der Waals surface area contributed by atoms with Gasteiger partial charge in [0.2, 0.25) is 0 Å². The number of nitrogens with zero attached hydrogens (tertiary/aromatic N) is 2. The maximum atomic E-state index is 13.6. The van der Waals surface area contributed by atoms with Crippen LogP contribution in [-0.2, 0) is 0 Å². The quantitative estimate of drug-likeness (QED) is 0.672. The second-order valence-corrected chi connectivity index (χ2v) is 4.57. The molecule has 1 atom stereocenters. The number of hydrogen-bond acceptors (Lipinski definition) is 5. The Balaban J connectivity index is 2.44. The molecule has 1 aromatic heterocycles. The van der Waals surface area contributed by atoms with E-state index in [0.29, 0.717) is 11.3 Å². The molecular formula is C9H8BrFN4S. The summed E-state index contributed by atoms with van der Waals surface area (Å²) in [5, 5.41) is 0. The van der Waals surface area contributed by atoms with Crippen molar-refractivity contribution in [1.82, 2.24) is 14.2 Å². The Morgan fingerprint density at radius 1 is 1.50 bits per heavy atom. The molecule has 16 heavy (non-hydrogen) atoms. The van der Waals surface area contributed by atoms with E-state index in [1.54, 1.807) is 18.3 Å². The van der Waals surface area contributed by atoms with Crippen molar-refractivity contribution >= 4 is 27.7 Å². The smallest absolute Gasteiger partial charge is 0.128 e. The Labute approximate surface area is 104 Å². The second kappa shape index (κ2) is 4.96. The molecule has 0 aliphatic heterocycles. The number of nitrogens with one attached hydrogen (secondary N) is 1. The van der Waals surface area contributed by atoms with Gasteiger partial charge in [0.25, 0.3) is 0 Å². The fourth-order valence-electron chi connectivity index (χ4n) is 1.37. The predicted molar refractivity (Wildman–Crippen MR) is 63.2 cm³/mol. The van der Waals surface area contributed by atoms with E-state index in [1.807, 2.05) is 0 Å². The molecule has 3 N–H and O–H groups in total. The zero-order valence-electron chi connectivity index (χ0n) is 8.02. The zero-order valence-corrected chi connectivity index (χ0v) is 10.4. The van der Waals surface area contributed by atoms with Crippen LogP contribution in [0.5, 0.6) is 0 Å². The first-order chi connectivity index (χ1) is 7.72. The highest BCUT2D eigenvalue weighted by Crippen LogP contribution is 2.25. The number of nitrogens with two attached hydrogens (primary N) is 1. The molecule has 4 nitrogen and oxygen atoms in total. The lowest BCUT2D eigenvalue weighted by molar-refractivity contribution is 0.554. The molecule has 1 unspecified atom stereocenters. The van der Waals surface area contributed by atoms with Crippen molar-refractivity contribution in [2.45, 2.75) is 6.04 Å². The average Bonchev–Trinajstić information content (AvgIpc) is 2.78. The summed E-state index contributed by atoms with van der Waals surface area (Å²) in [7, 11) is 0. The van der Waals surface area contributed by atoms with Crippen LogP contribution in [0.3, 0.4) is 0 Å². The van der Waals surface area contributed by atoms with Gasteiger partial charge in [-0.1, -0.05) is 15.9 Å². The van der Waals surface area contributed by atoms with Crippen LogP contribution < -0.4 is 11.3 Å². The summed E-state index contributed by atoms with van der Waals surface area (Å²) >= 11 is 4.35. The lowest BCUT2D eigenvalue weighted by Gasteiger charge is -2.14. The van der Waals surface area contributed by atoms with E-state index >= 15 is 0 Å². The summed E-state index contributed by atoms with van der Waals surface area (Å²) in [4.78, 5) is 0. The van der Waals surface area contributed by atoms with E-state index in [2.05, 4.69) is 30.1 Å². The van der Waals surface area contributed by atoms with Gasteiger partial charge in [0.15, 0.2) is 0 Å². The Bertz CT molecular complexity index is 476. The SMILES string of the molecule is NNC(c1cnsn1)c1cc(Br)ccc1F. The van der Waals surface area contributed by atoms with Crippen molar-refractivity contribution in [3.8, 4) is 0 Å². The molecular weight excluding hydrogens is 295 g/mol. The topological polar surface area (TPSA) is 63.8 Å². The Hall–Kier alpha value is -0.890. The van der Waals surface area contributed by atoms with E-state index < -0.39 is 6.04 Å². The highest BCUT2D eigenvalue weighted by Gasteiger charge is 2.19. The van der Waals surface area contributed by atoms with Crippen LogP contribution in [0.1, 0.15) is 17.3 Å². The molecule has 2 aromatic rings. The lowest BCUT2D eigenvalue weighted by Crippen LogP contribution is -2.29. The molecule has 0 saturated carbocycles. The third-order valence-corrected chi connectivity index (χ3v) is 3.10. The summed E-state index contributed by atoms with van der Waals surface area (Å²) < 4.78 is 22.3. The number of hydrazine groups is 1. The molecule has 0 spiro atoms. The maximum absolute atomic E-state index is 13.6. The first-order valence-corrected chi connectivity index (χ1v) is 5.93. The first-order valence-electron chi connectivity index (χ1n) is 4.41. The third kappa shape index (κ3) is 2.27. The van der Waals surface area contributed by atoms with Crippen LogP contribution >= 0.6 is 27.7 Å². The number of benzene rings is 1. The van der Waals surface area contributed by atoms with Gasteiger partial charge in [-0.15, -0.1) is 0 Å². The Morgan fingerprint density at radius 2 is 2.31 bits per heavy atom. The van der Waals surface area contributed by atoms with Gasteiger partial charge in [0.05, 0.1) is 29.7 Å². The fraction of sp³-hybridized carbons (Fsp3) is 0.111. The van der Waals surface area contributed by atoms with Crippen molar-refractivity contribution in [3.63, 3.8) is 0 Å².